The van der Waals surface area contributed by atoms with E-state index in [4.69, 9.17) is 10.7 Å². The van der Waals surface area contributed by atoms with Gasteiger partial charge in [0.25, 0.3) is 14.7 Å². The van der Waals surface area contributed by atoms with Crippen LogP contribution in [0.15, 0.2) is 21.5 Å². The number of rotatable bonds is 2. The predicted octanol–water partition coefficient (Wildman–Crippen LogP) is 2.59. The molecule has 1 aromatic rings. The van der Waals surface area contributed by atoms with E-state index < -0.39 is 24.6 Å². The number of aryl methyl sites for hydroxylation is 1. The van der Waals surface area contributed by atoms with Crippen LogP contribution >= 0.6 is 26.6 Å². The Hall–Kier alpha value is -0.660. The minimum absolute atomic E-state index is 0.117. The third kappa shape index (κ3) is 2.47. The van der Waals surface area contributed by atoms with Crippen molar-refractivity contribution in [2.24, 2.45) is 0 Å². The van der Waals surface area contributed by atoms with Crippen molar-refractivity contribution in [2.75, 3.05) is 0 Å². The molecule has 0 saturated heterocycles. The summed E-state index contributed by atoms with van der Waals surface area (Å²) in [6.07, 6.45) is 0. The first-order valence-electron chi connectivity index (χ1n) is 3.63. The summed E-state index contributed by atoms with van der Waals surface area (Å²) in [5.74, 6) is 0. The highest BCUT2D eigenvalue weighted by molar-refractivity contribution is 9.10. The summed E-state index contributed by atoms with van der Waals surface area (Å²) in [6.45, 7) is 1.61. The van der Waals surface area contributed by atoms with Crippen molar-refractivity contribution in [1.82, 2.24) is 0 Å². The zero-order valence-corrected chi connectivity index (χ0v) is 10.6. The monoisotopic (exact) mass is 313 g/mol. The number of nitro benzene ring substituents is 1. The van der Waals surface area contributed by atoms with E-state index in [2.05, 4.69) is 15.9 Å². The maximum atomic E-state index is 11.2. The molecule has 15 heavy (non-hydrogen) atoms. The number of benzene rings is 1. The molecule has 82 valence electrons. The minimum atomic E-state index is -4.15. The smallest absolute Gasteiger partial charge is 0.258 e. The van der Waals surface area contributed by atoms with E-state index in [9.17, 15) is 18.5 Å². The summed E-state index contributed by atoms with van der Waals surface area (Å²) in [5, 5.41) is 10.6. The van der Waals surface area contributed by atoms with Crippen molar-refractivity contribution in [3.63, 3.8) is 0 Å². The van der Waals surface area contributed by atoms with Crippen LogP contribution in [-0.2, 0) is 9.05 Å². The Balaban J connectivity index is 3.72. The molecule has 0 heterocycles. The molecule has 0 bridgehead atoms. The van der Waals surface area contributed by atoms with E-state index in [0.29, 0.717) is 5.56 Å². The van der Waals surface area contributed by atoms with Crippen LogP contribution in [0, 0.1) is 17.0 Å². The molecular formula is C7H5BrClNO4S. The van der Waals surface area contributed by atoms with Gasteiger partial charge in [0.05, 0.1) is 4.92 Å². The lowest BCUT2D eigenvalue weighted by Gasteiger charge is -2.04. The predicted molar refractivity (Wildman–Crippen MR) is 58.6 cm³/mol. The van der Waals surface area contributed by atoms with Gasteiger partial charge in [-0.3, -0.25) is 10.1 Å². The van der Waals surface area contributed by atoms with Gasteiger partial charge in [-0.25, -0.2) is 8.42 Å². The van der Waals surface area contributed by atoms with Gasteiger partial charge in [0.1, 0.15) is 0 Å². The summed E-state index contributed by atoms with van der Waals surface area (Å²) in [5.41, 5.74) is 0.0160. The van der Waals surface area contributed by atoms with Crippen LogP contribution in [0.2, 0.25) is 0 Å². The zero-order chi connectivity index (χ0) is 11.8. The molecule has 0 unspecified atom stereocenters. The number of nitro groups is 1. The lowest BCUT2D eigenvalue weighted by molar-refractivity contribution is -0.387. The molecule has 0 atom stereocenters. The van der Waals surface area contributed by atoms with E-state index in [0.717, 1.165) is 6.07 Å². The fourth-order valence-corrected chi connectivity index (χ4v) is 3.51. The lowest BCUT2D eigenvalue weighted by Crippen LogP contribution is -2.01. The second kappa shape index (κ2) is 4.07. The average Bonchev–Trinajstić information content (AvgIpc) is 2.06. The van der Waals surface area contributed by atoms with Crippen molar-refractivity contribution >= 4 is 41.4 Å². The average molecular weight is 315 g/mol. The summed E-state index contributed by atoms with van der Waals surface area (Å²) >= 11 is 2.97. The van der Waals surface area contributed by atoms with E-state index in [1.807, 2.05) is 0 Å². The second-order valence-electron chi connectivity index (χ2n) is 2.74. The van der Waals surface area contributed by atoms with Gasteiger partial charge in [0, 0.05) is 21.2 Å². The van der Waals surface area contributed by atoms with Crippen LogP contribution < -0.4 is 0 Å². The Kier molecular flexibility index (Phi) is 3.37. The number of nitrogens with zero attached hydrogens (tertiary/aromatic N) is 1. The normalized spacial score (nSPS) is 11.4. The first kappa shape index (κ1) is 12.4. The zero-order valence-electron chi connectivity index (χ0n) is 7.40. The van der Waals surface area contributed by atoms with Gasteiger partial charge >= 0.3 is 0 Å². The Morgan fingerprint density at radius 1 is 1.47 bits per heavy atom. The lowest BCUT2D eigenvalue weighted by atomic mass is 10.2. The molecule has 5 nitrogen and oxygen atoms in total. The van der Waals surface area contributed by atoms with E-state index in [1.54, 1.807) is 6.92 Å². The third-order valence-corrected chi connectivity index (χ3v) is 4.36. The summed E-state index contributed by atoms with van der Waals surface area (Å²) < 4.78 is 22.4. The molecule has 1 rings (SSSR count). The summed E-state index contributed by atoms with van der Waals surface area (Å²) in [4.78, 5) is 9.30. The Bertz CT molecular complexity index is 528. The Labute approximate surface area is 98.7 Å². The maximum absolute atomic E-state index is 11.2. The maximum Gasteiger partial charge on any atom is 0.290 e. The van der Waals surface area contributed by atoms with E-state index >= 15 is 0 Å². The second-order valence-corrected chi connectivity index (χ2v) is 6.04. The van der Waals surface area contributed by atoms with Crippen molar-refractivity contribution in [2.45, 2.75) is 11.8 Å². The first-order chi connectivity index (χ1) is 6.75. The van der Waals surface area contributed by atoms with Crippen molar-refractivity contribution < 1.29 is 13.3 Å². The molecule has 0 amide bonds. The Morgan fingerprint density at radius 2 is 2.00 bits per heavy atom. The first-order valence-corrected chi connectivity index (χ1v) is 6.73. The van der Waals surface area contributed by atoms with Crippen LogP contribution in [-0.4, -0.2) is 13.3 Å². The largest absolute Gasteiger partial charge is 0.290 e. The molecule has 0 fully saturated rings. The molecule has 0 spiro atoms. The van der Waals surface area contributed by atoms with Gasteiger partial charge in [-0.2, -0.15) is 0 Å². The number of hydrogen-bond acceptors (Lipinski definition) is 4. The molecule has 0 radical (unpaired) electrons. The molecule has 0 aliphatic heterocycles. The van der Waals surface area contributed by atoms with Gasteiger partial charge in [-0.1, -0.05) is 6.07 Å². The van der Waals surface area contributed by atoms with Crippen LogP contribution in [0.25, 0.3) is 0 Å². The van der Waals surface area contributed by atoms with Crippen LogP contribution in [0.1, 0.15) is 5.56 Å². The molecule has 0 aliphatic rings. The molecule has 0 saturated carbocycles. The quantitative estimate of drug-likeness (QED) is 0.477. The molecule has 0 N–H and O–H groups in total. The van der Waals surface area contributed by atoms with E-state index in [1.165, 1.54) is 6.07 Å². The SMILES string of the molecule is Cc1ccc([N+](=O)[O-])c(S(=O)(=O)Cl)c1Br. The minimum Gasteiger partial charge on any atom is -0.258 e. The van der Waals surface area contributed by atoms with Gasteiger partial charge < -0.3 is 0 Å². The van der Waals surface area contributed by atoms with Crippen molar-refractivity contribution in [3.8, 4) is 0 Å². The summed E-state index contributed by atoms with van der Waals surface area (Å²) in [6, 6.07) is 2.54. The van der Waals surface area contributed by atoms with Gasteiger partial charge in [0.15, 0.2) is 4.90 Å². The molecule has 1 aromatic carbocycles. The van der Waals surface area contributed by atoms with Crippen molar-refractivity contribution in [3.05, 3.63) is 32.3 Å². The number of hydrogen-bond donors (Lipinski definition) is 0. The van der Waals surface area contributed by atoms with Crippen LogP contribution in [0.5, 0.6) is 0 Å². The third-order valence-electron chi connectivity index (χ3n) is 1.71. The van der Waals surface area contributed by atoms with E-state index in [-0.39, 0.29) is 4.47 Å². The number of halogens is 2. The molecule has 0 aliphatic carbocycles. The molecule has 0 aromatic heterocycles. The van der Waals surface area contributed by atoms with Gasteiger partial charge in [-0.05, 0) is 28.4 Å². The molecule has 8 heteroatoms. The summed E-state index contributed by atoms with van der Waals surface area (Å²) in [7, 11) is 0.975. The Morgan fingerprint density at radius 3 is 2.40 bits per heavy atom. The highest BCUT2D eigenvalue weighted by Crippen LogP contribution is 2.35. The highest BCUT2D eigenvalue weighted by Gasteiger charge is 2.27. The molecular weight excluding hydrogens is 310 g/mol. The topological polar surface area (TPSA) is 77.3 Å². The standard InChI is InChI=1S/C7H5BrClNO4S/c1-4-2-3-5(10(11)12)7(6(4)8)15(9,13)14/h2-3H,1H3. The van der Waals surface area contributed by atoms with Crippen LogP contribution in [0.3, 0.4) is 0 Å². The van der Waals surface area contributed by atoms with Crippen LogP contribution in [0.4, 0.5) is 5.69 Å². The van der Waals surface area contributed by atoms with Gasteiger partial charge in [0.2, 0.25) is 0 Å². The van der Waals surface area contributed by atoms with Crippen molar-refractivity contribution in [1.29, 1.82) is 0 Å². The van der Waals surface area contributed by atoms with Gasteiger partial charge in [-0.15, -0.1) is 0 Å². The fourth-order valence-electron chi connectivity index (χ4n) is 1.02. The highest BCUT2D eigenvalue weighted by atomic mass is 79.9. The fraction of sp³-hybridized carbons (Fsp3) is 0.143.